The number of ether oxygens (including phenoxy) is 1. The summed E-state index contributed by atoms with van der Waals surface area (Å²) in [5.74, 6) is 1.09. The molecule has 1 heterocycles. The zero-order valence-corrected chi connectivity index (χ0v) is 16.8. The summed E-state index contributed by atoms with van der Waals surface area (Å²) >= 11 is 2.86. The molecule has 1 amide bonds. The number of methoxy groups -OCH3 is 1. The lowest BCUT2D eigenvalue weighted by Gasteiger charge is -2.13. The Balaban J connectivity index is 1.95. The van der Waals surface area contributed by atoms with Gasteiger partial charge in [0, 0.05) is 6.54 Å². The smallest absolute Gasteiger partial charge is 0.237 e. The number of anilines is 2. The van der Waals surface area contributed by atoms with Crippen LogP contribution in [0.3, 0.4) is 0 Å². The summed E-state index contributed by atoms with van der Waals surface area (Å²) in [6, 6.07) is 5.69. The molecule has 0 saturated heterocycles. The van der Waals surface area contributed by atoms with Crippen LogP contribution in [0.15, 0.2) is 22.5 Å². The summed E-state index contributed by atoms with van der Waals surface area (Å²) in [5, 5.41) is 14.9. The fourth-order valence-electron chi connectivity index (χ4n) is 1.98. The minimum atomic E-state index is -0.295. The van der Waals surface area contributed by atoms with Crippen LogP contribution in [-0.4, -0.2) is 35.0 Å². The number of hydrogen-bond donors (Lipinski definition) is 2. The number of aromatic nitrogens is 2. The second-order valence-corrected chi connectivity index (χ2v) is 8.67. The largest absolute Gasteiger partial charge is 0.495 e. The fraction of sp³-hybridized carbons (Fsp3) is 0.471. The van der Waals surface area contributed by atoms with E-state index in [4.69, 9.17) is 4.74 Å². The molecule has 0 bridgehead atoms. The van der Waals surface area contributed by atoms with Crippen molar-refractivity contribution in [2.75, 3.05) is 24.3 Å². The average molecular weight is 381 g/mol. The number of carbonyl (C=O) groups is 1. The molecule has 0 fully saturated rings. The van der Waals surface area contributed by atoms with Gasteiger partial charge < -0.3 is 15.4 Å². The average Bonchev–Trinajstić information content (AvgIpc) is 3.00. The molecule has 8 heteroatoms. The van der Waals surface area contributed by atoms with Crippen molar-refractivity contribution in [1.82, 2.24) is 10.2 Å². The highest BCUT2D eigenvalue weighted by Crippen LogP contribution is 2.31. The number of hydrogen-bond acceptors (Lipinski definition) is 7. The third-order valence-electron chi connectivity index (χ3n) is 3.33. The molecule has 1 atom stereocenters. The molecule has 0 aliphatic rings. The highest BCUT2D eigenvalue weighted by molar-refractivity contribution is 8.02. The molecule has 1 aromatic heterocycles. The number of nitrogens with zero attached hydrogens (tertiary/aromatic N) is 2. The van der Waals surface area contributed by atoms with Crippen LogP contribution in [0.2, 0.25) is 0 Å². The standard InChI is InChI=1S/C17H24N4O2S2/c1-10(2)9-18-16-20-21-17(25-16)24-12(4)15(22)19-13-8-11(3)6-7-14(13)23-5/h6-8,10,12H,9H2,1-5H3,(H,18,20)(H,19,22)/t12-/m0/s1. The highest BCUT2D eigenvalue weighted by atomic mass is 32.2. The molecule has 25 heavy (non-hydrogen) atoms. The molecule has 6 nitrogen and oxygen atoms in total. The van der Waals surface area contributed by atoms with Gasteiger partial charge in [-0.05, 0) is 37.5 Å². The van der Waals surface area contributed by atoms with E-state index in [0.717, 1.165) is 21.6 Å². The van der Waals surface area contributed by atoms with Gasteiger partial charge in [-0.25, -0.2) is 0 Å². The maximum atomic E-state index is 12.5. The molecule has 136 valence electrons. The number of nitrogens with one attached hydrogen (secondary N) is 2. The van der Waals surface area contributed by atoms with Gasteiger partial charge in [0.1, 0.15) is 5.75 Å². The van der Waals surface area contributed by atoms with Crippen molar-refractivity contribution in [3.8, 4) is 5.75 Å². The van der Waals surface area contributed by atoms with Gasteiger partial charge in [-0.2, -0.15) is 0 Å². The normalized spacial score (nSPS) is 12.1. The number of rotatable bonds is 8. The van der Waals surface area contributed by atoms with Gasteiger partial charge in [-0.15, -0.1) is 10.2 Å². The maximum absolute atomic E-state index is 12.5. The Hall–Kier alpha value is -1.80. The maximum Gasteiger partial charge on any atom is 0.237 e. The molecule has 0 radical (unpaired) electrons. The van der Waals surface area contributed by atoms with E-state index in [1.54, 1.807) is 7.11 Å². The van der Waals surface area contributed by atoms with E-state index in [2.05, 4.69) is 34.7 Å². The molecule has 0 saturated carbocycles. The SMILES string of the molecule is COc1ccc(C)cc1NC(=O)[C@H](C)Sc1nnc(NCC(C)C)s1. The first-order chi connectivity index (χ1) is 11.9. The third kappa shape index (κ3) is 5.89. The molecule has 0 aliphatic carbocycles. The molecule has 0 aliphatic heterocycles. The molecule has 1 aromatic carbocycles. The highest BCUT2D eigenvalue weighted by Gasteiger charge is 2.18. The Labute approximate surface area is 156 Å². The molecule has 2 N–H and O–H groups in total. The van der Waals surface area contributed by atoms with E-state index >= 15 is 0 Å². The van der Waals surface area contributed by atoms with Crippen molar-refractivity contribution >= 4 is 39.8 Å². The molecular weight excluding hydrogens is 356 g/mol. The Bertz CT molecular complexity index is 718. The lowest BCUT2D eigenvalue weighted by atomic mass is 10.2. The van der Waals surface area contributed by atoms with Crippen LogP contribution in [0.5, 0.6) is 5.75 Å². The zero-order valence-electron chi connectivity index (χ0n) is 15.1. The number of aryl methyl sites for hydroxylation is 1. The van der Waals surface area contributed by atoms with E-state index in [0.29, 0.717) is 17.4 Å². The minimum absolute atomic E-state index is 0.0965. The first kappa shape index (κ1) is 19.5. The van der Waals surface area contributed by atoms with E-state index in [9.17, 15) is 4.79 Å². The zero-order chi connectivity index (χ0) is 18.4. The second-order valence-electron chi connectivity index (χ2n) is 6.10. The van der Waals surface area contributed by atoms with Gasteiger partial charge in [-0.3, -0.25) is 4.79 Å². The van der Waals surface area contributed by atoms with E-state index in [1.165, 1.54) is 23.1 Å². The van der Waals surface area contributed by atoms with Gasteiger partial charge in [0.15, 0.2) is 4.34 Å². The number of carbonyl (C=O) groups excluding carboxylic acids is 1. The third-order valence-corrected chi connectivity index (χ3v) is 5.39. The molecule has 0 spiro atoms. The predicted molar refractivity (Wildman–Crippen MR) is 105 cm³/mol. The predicted octanol–water partition coefficient (Wildman–Crippen LogP) is 4.04. The van der Waals surface area contributed by atoms with Crippen LogP contribution >= 0.6 is 23.1 Å². The topological polar surface area (TPSA) is 76.1 Å². The van der Waals surface area contributed by atoms with E-state index in [1.807, 2.05) is 32.0 Å². The summed E-state index contributed by atoms with van der Waals surface area (Å²) < 4.78 is 6.07. The molecule has 0 unspecified atom stereocenters. The molecule has 2 aromatic rings. The number of thioether (sulfide) groups is 1. The van der Waals surface area contributed by atoms with Crippen molar-refractivity contribution in [3.05, 3.63) is 23.8 Å². The summed E-state index contributed by atoms with van der Waals surface area (Å²) in [7, 11) is 1.59. The first-order valence-corrected chi connectivity index (χ1v) is 9.78. The summed E-state index contributed by atoms with van der Waals surface area (Å²) in [4.78, 5) is 12.5. The monoisotopic (exact) mass is 380 g/mol. The summed E-state index contributed by atoms with van der Waals surface area (Å²) in [6.45, 7) is 8.94. The molecule has 2 rings (SSSR count). The van der Waals surface area contributed by atoms with Crippen molar-refractivity contribution in [2.45, 2.75) is 37.3 Å². The minimum Gasteiger partial charge on any atom is -0.495 e. The molecular formula is C17H24N4O2S2. The van der Waals surface area contributed by atoms with Crippen molar-refractivity contribution in [1.29, 1.82) is 0 Å². The van der Waals surface area contributed by atoms with Gasteiger partial charge in [0.25, 0.3) is 0 Å². The lowest BCUT2D eigenvalue weighted by molar-refractivity contribution is -0.115. The van der Waals surface area contributed by atoms with Gasteiger partial charge >= 0.3 is 0 Å². The van der Waals surface area contributed by atoms with Gasteiger partial charge in [0.05, 0.1) is 18.0 Å². The van der Waals surface area contributed by atoms with Crippen molar-refractivity contribution in [2.24, 2.45) is 5.92 Å². The van der Waals surface area contributed by atoms with Crippen LogP contribution in [0.1, 0.15) is 26.3 Å². The van der Waals surface area contributed by atoms with Gasteiger partial charge in [0.2, 0.25) is 11.0 Å². The van der Waals surface area contributed by atoms with Crippen molar-refractivity contribution < 1.29 is 9.53 Å². The Morgan fingerprint density at radius 2 is 2.08 bits per heavy atom. The van der Waals surface area contributed by atoms with Crippen LogP contribution in [0.4, 0.5) is 10.8 Å². The Kier molecular flexibility index (Phi) is 7.07. The van der Waals surface area contributed by atoms with Crippen molar-refractivity contribution in [3.63, 3.8) is 0 Å². The number of amides is 1. The first-order valence-electron chi connectivity index (χ1n) is 8.08. The summed E-state index contributed by atoms with van der Waals surface area (Å²) in [5.41, 5.74) is 1.73. The number of benzene rings is 1. The Morgan fingerprint density at radius 1 is 1.32 bits per heavy atom. The quantitative estimate of drug-likeness (QED) is 0.673. The Morgan fingerprint density at radius 3 is 2.76 bits per heavy atom. The van der Waals surface area contributed by atoms with Crippen LogP contribution < -0.4 is 15.4 Å². The fourth-order valence-corrected chi connectivity index (χ4v) is 3.88. The second kappa shape index (κ2) is 9.05. The van der Waals surface area contributed by atoms with Gasteiger partial charge in [-0.1, -0.05) is 43.0 Å². The van der Waals surface area contributed by atoms with E-state index in [-0.39, 0.29) is 11.2 Å². The van der Waals surface area contributed by atoms with Crippen LogP contribution in [0.25, 0.3) is 0 Å². The van der Waals surface area contributed by atoms with E-state index < -0.39 is 0 Å². The van der Waals surface area contributed by atoms with Crippen LogP contribution in [-0.2, 0) is 4.79 Å². The lowest BCUT2D eigenvalue weighted by Crippen LogP contribution is -2.22. The summed E-state index contributed by atoms with van der Waals surface area (Å²) in [6.07, 6.45) is 0. The van der Waals surface area contributed by atoms with Crippen LogP contribution in [0, 0.1) is 12.8 Å².